The Morgan fingerprint density at radius 2 is 1.80 bits per heavy atom. The highest BCUT2D eigenvalue weighted by atomic mass is 32.2. The first kappa shape index (κ1) is 15.0. The number of hydrogen-bond donors (Lipinski definition) is 0. The van der Waals surface area contributed by atoms with E-state index < -0.39 is 20.4 Å². The Morgan fingerprint density at radius 3 is 2.25 bits per heavy atom. The molecule has 3 nitrogen and oxygen atoms in total. The topological polar surface area (TPSA) is 57.9 Å². The highest BCUT2D eigenvalue weighted by molar-refractivity contribution is 7.93. The number of hydrogen-bond acceptors (Lipinski definition) is 3. The fraction of sp³-hybridized carbons (Fsp3) is 0.533. The summed E-state index contributed by atoms with van der Waals surface area (Å²) in [5, 5.41) is 9.40. The average molecular weight is 295 g/mol. The molecule has 5 heteroatoms. The molecule has 1 fully saturated rings. The number of sulfone groups is 1. The molecular formula is C15H18FNO2S. The summed E-state index contributed by atoms with van der Waals surface area (Å²) in [5.41, 5.74) is -0.103. The molecule has 0 N–H and O–H groups in total. The summed E-state index contributed by atoms with van der Waals surface area (Å²) in [7, 11) is -3.97. The van der Waals surface area contributed by atoms with Crippen LogP contribution in [0.3, 0.4) is 0 Å². The zero-order valence-electron chi connectivity index (χ0n) is 11.7. The molecule has 0 spiro atoms. The van der Waals surface area contributed by atoms with Crippen LogP contribution in [0.1, 0.15) is 39.5 Å². The number of nitriles is 1. The van der Waals surface area contributed by atoms with Gasteiger partial charge in [0.15, 0.2) is 14.6 Å². The molecule has 1 aliphatic rings. The van der Waals surface area contributed by atoms with Crippen molar-refractivity contribution in [3.8, 4) is 6.07 Å². The lowest BCUT2D eigenvalue weighted by atomic mass is 9.59. The van der Waals surface area contributed by atoms with Crippen LogP contribution in [0.25, 0.3) is 0 Å². The molecule has 108 valence electrons. The van der Waals surface area contributed by atoms with Crippen LogP contribution < -0.4 is 0 Å². The summed E-state index contributed by atoms with van der Waals surface area (Å²) < 4.78 is 37.6. The van der Waals surface area contributed by atoms with Gasteiger partial charge in [0, 0.05) is 0 Å². The highest BCUT2D eigenvalue weighted by Crippen LogP contribution is 2.57. The summed E-state index contributed by atoms with van der Waals surface area (Å²) in [6.07, 6.45) is 2.25. The van der Waals surface area contributed by atoms with Crippen LogP contribution in [0.5, 0.6) is 0 Å². The fourth-order valence-electron chi connectivity index (χ4n) is 3.11. The predicted octanol–water partition coefficient (Wildman–Crippen LogP) is 3.46. The van der Waals surface area contributed by atoms with Gasteiger partial charge >= 0.3 is 0 Å². The van der Waals surface area contributed by atoms with Crippen molar-refractivity contribution < 1.29 is 12.8 Å². The molecule has 1 saturated carbocycles. The number of halogens is 1. The molecule has 2 rings (SSSR count). The van der Waals surface area contributed by atoms with Gasteiger partial charge in [-0.1, -0.05) is 38.8 Å². The summed E-state index contributed by atoms with van der Waals surface area (Å²) >= 11 is 0. The second-order valence-electron chi connectivity index (χ2n) is 5.60. The van der Waals surface area contributed by atoms with Crippen molar-refractivity contribution in [2.75, 3.05) is 0 Å². The standard InChI is InChI=1S/C15H18FNO2S/c1-3-14(4-2)9-15(10-14,11-17)20(18,19)13-8-6-5-7-12(13)16/h5-8H,3-4,9-10H2,1-2H3. The number of rotatable bonds is 4. The van der Waals surface area contributed by atoms with Crippen molar-refractivity contribution in [2.45, 2.75) is 49.2 Å². The van der Waals surface area contributed by atoms with E-state index in [9.17, 15) is 18.1 Å². The van der Waals surface area contributed by atoms with Crippen molar-refractivity contribution >= 4 is 9.84 Å². The van der Waals surface area contributed by atoms with Gasteiger partial charge < -0.3 is 0 Å². The maximum absolute atomic E-state index is 13.8. The Morgan fingerprint density at radius 1 is 1.25 bits per heavy atom. The van der Waals surface area contributed by atoms with Gasteiger partial charge in [-0.15, -0.1) is 0 Å². The summed E-state index contributed by atoms with van der Waals surface area (Å²) in [6, 6.07) is 7.22. The maximum atomic E-state index is 13.8. The largest absolute Gasteiger partial charge is 0.222 e. The molecule has 1 aromatic rings. The zero-order valence-corrected chi connectivity index (χ0v) is 12.5. The SMILES string of the molecule is CCC1(CC)CC(C#N)(S(=O)(=O)c2ccccc2F)C1. The maximum Gasteiger partial charge on any atom is 0.200 e. The van der Waals surface area contributed by atoms with E-state index in [4.69, 9.17) is 0 Å². The molecule has 0 bridgehead atoms. The van der Waals surface area contributed by atoms with Crippen LogP contribution >= 0.6 is 0 Å². The summed E-state index contributed by atoms with van der Waals surface area (Å²) in [5.74, 6) is -0.785. The van der Waals surface area contributed by atoms with Crippen molar-refractivity contribution in [1.82, 2.24) is 0 Å². The Labute approximate surface area is 119 Å². The Kier molecular flexibility index (Phi) is 3.64. The molecule has 0 aromatic heterocycles. The first-order valence-corrected chi connectivity index (χ1v) is 8.25. The summed E-state index contributed by atoms with van der Waals surface area (Å²) in [4.78, 5) is -0.359. The molecular weight excluding hydrogens is 277 g/mol. The van der Waals surface area contributed by atoms with E-state index in [2.05, 4.69) is 0 Å². The van der Waals surface area contributed by atoms with E-state index in [0.717, 1.165) is 18.9 Å². The van der Waals surface area contributed by atoms with E-state index in [1.54, 1.807) is 0 Å². The van der Waals surface area contributed by atoms with Gasteiger partial charge in [-0.05, 0) is 30.4 Å². The summed E-state index contributed by atoms with van der Waals surface area (Å²) in [6.45, 7) is 4.00. The van der Waals surface area contributed by atoms with Crippen LogP contribution in [-0.2, 0) is 9.84 Å². The third-order valence-corrected chi connectivity index (χ3v) is 6.98. The molecule has 0 heterocycles. The monoisotopic (exact) mass is 295 g/mol. The Balaban J connectivity index is 2.45. The van der Waals surface area contributed by atoms with E-state index in [1.807, 2.05) is 19.9 Å². The Hall–Kier alpha value is -1.41. The van der Waals surface area contributed by atoms with Crippen LogP contribution in [0.15, 0.2) is 29.2 Å². The fourth-order valence-corrected chi connectivity index (χ4v) is 5.23. The van der Waals surface area contributed by atoms with Gasteiger partial charge in [0.1, 0.15) is 10.7 Å². The number of nitrogens with zero attached hydrogens (tertiary/aromatic N) is 1. The lowest BCUT2D eigenvalue weighted by Crippen LogP contribution is -2.55. The molecule has 1 aromatic carbocycles. The molecule has 0 radical (unpaired) electrons. The normalized spacial score (nSPS) is 19.9. The third kappa shape index (κ3) is 1.94. The minimum atomic E-state index is -3.97. The average Bonchev–Trinajstić information content (AvgIpc) is 2.39. The minimum Gasteiger partial charge on any atom is -0.222 e. The second kappa shape index (κ2) is 4.85. The van der Waals surface area contributed by atoms with Gasteiger partial charge in [0.05, 0.1) is 6.07 Å². The van der Waals surface area contributed by atoms with Crippen molar-refractivity contribution in [2.24, 2.45) is 5.41 Å². The van der Waals surface area contributed by atoms with Crippen molar-refractivity contribution in [3.63, 3.8) is 0 Å². The molecule has 20 heavy (non-hydrogen) atoms. The minimum absolute atomic E-state index is 0.103. The van der Waals surface area contributed by atoms with Gasteiger partial charge in [-0.2, -0.15) is 5.26 Å². The van der Waals surface area contributed by atoms with Crippen LogP contribution in [-0.4, -0.2) is 13.2 Å². The van der Waals surface area contributed by atoms with Gasteiger partial charge in [-0.3, -0.25) is 0 Å². The molecule has 0 aliphatic heterocycles. The van der Waals surface area contributed by atoms with E-state index >= 15 is 0 Å². The zero-order chi connectivity index (χ0) is 15.0. The van der Waals surface area contributed by atoms with Crippen LogP contribution in [0, 0.1) is 22.6 Å². The smallest absolute Gasteiger partial charge is 0.200 e. The molecule has 0 amide bonds. The molecule has 0 unspecified atom stereocenters. The van der Waals surface area contributed by atoms with Gasteiger partial charge in [0.2, 0.25) is 0 Å². The first-order chi connectivity index (χ1) is 9.36. The van der Waals surface area contributed by atoms with Gasteiger partial charge in [-0.25, -0.2) is 12.8 Å². The quantitative estimate of drug-likeness (QED) is 0.854. The van der Waals surface area contributed by atoms with E-state index in [1.165, 1.54) is 18.2 Å². The molecule has 0 atom stereocenters. The molecule has 1 aliphatic carbocycles. The highest BCUT2D eigenvalue weighted by Gasteiger charge is 2.61. The van der Waals surface area contributed by atoms with Crippen LogP contribution in [0.4, 0.5) is 4.39 Å². The number of benzene rings is 1. The van der Waals surface area contributed by atoms with E-state index in [0.29, 0.717) is 12.8 Å². The lowest BCUT2D eigenvalue weighted by Gasteiger charge is -2.51. The molecule has 0 saturated heterocycles. The Bertz CT molecular complexity index is 649. The third-order valence-electron chi connectivity index (χ3n) is 4.67. The van der Waals surface area contributed by atoms with Crippen molar-refractivity contribution in [1.29, 1.82) is 5.26 Å². The van der Waals surface area contributed by atoms with E-state index in [-0.39, 0.29) is 10.3 Å². The lowest BCUT2D eigenvalue weighted by molar-refractivity contribution is 0.0925. The second-order valence-corrected chi connectivity index (χ2v) is 7.83. The van der Waals surface area contributed by atoms with Crippen molar-refractivity contribution in [3.05, 3.63) is 30.1 Å². The van der Waals surface area contributed by atoms with Crippen LogP contribution in [0.2, 0.25) is 0 Å². The van der Waals surface area contributed by atoms with Gasteiger partial charge in [0.25, 0.3) is 0 Å². The first-order valence-electron chi connectivity index (χ1n) is 6.77. The predicted molar refractivity (Wildman–Crippen MR) is 74.2 cm³/mol.